The van der Waals surface area contributed by atoms with Crippen molar-refractivity contribution in [3.63, 3.8) is 0 Å². The molecule has 2 aliphatic rings. The number of carbonyl (C=O) groups excluding carboxylic acids is 1. The summed E-state index contributed by atoms with van der Waals surface area (Å²) in [5.41, 5.74) is 3.40. The quantitative estimate of drug-likeness (QED) is 0.511. The zero-order valence-corrected chi connectivity index (χ0v) is 14.5. The highest BCUT2D eigenvalue weighted by molar-refractivity contribution is 7.13. The first-order valence-electron chi connectivity index (χ1n) is 8.41. The molecule has 5 heteroatoms. The number of carbonyl (C=O) groups is 1. The Morgan fingerprint density at radius 1 is 1.36 bits per heavy atom. The molecular formula is C20H17NO3S. The van der Waals surface area contributed by atoms with Gasteiger partial charge < -0.3 is 9.15 Å². The van der Waals surface area contributed by atoms with Crippen molar-refractivity contribution in [2.75, 3.05) is 6.61 Å². The molecule has 3 heterocycles. The molecule has 0 amide bonds. The Morgan fingerprint density at radius 3 is 3.12 bits per heavy atom. The van der Waals surface area contributed by atoms with Crippen LogP contribution in [0.1, 0.15) is 18.4 Å². The number of aromatic nitrogens is 1. The summed E-state index contributed by atoms with van der Waals surface area (Å²) in [5, 5.41) is 2.01. The number of hydrogen-bond donors (Lipinski definition) is 0. The van der Waals surface area contributed by atoms with Gasteiger partial charge in [-0.2, -0.15) is 0 Å². The van der Waals surface area contributed by atoms with Crippen LogP contribution in [0.25, 0.3) is 21.9 Å². The minimum Gasteiger partial charge on any atom is -0.465 e. The maximum absolute atomic E-state index is 12.5. The van der Waals surface area contributed by atoms with Crippen LogP contribution < -0.4 is 0 Å². The number of rotatable bonds is 3. The summed E-state index contributed by atoms with van der Waals surface area (Å²) in [7, 11) is 0. The Kier molecular flexibility index (Phi) is 3.16. The van der Waals surface area contributed by atoms with Gasteiger partial charge in [0.15, 0.2) is 5.58 Å². The fourth-order valence-corrected chi connectivity index (χ4v) is 4.86. The van der Waals surface area contributed by atoms with Crippen molar-refractivity contribution in [1.29, 1.82) is 0 Å². The van der Waals surface area contributed by atoms with Gasteiger partial charge in [-0.1, -0.05) is 24.3 Å². The summed E-state index contributed by atoms with van der Waals surface area (Å²) < 4.78 is 11.3. The van der Waals surface area contributed by atoms with Crippen molar-refractivity contribution in [2.24, 2.45) is 11.3 Å². The lowest BCUT2D eigenvalue weighted by Gasteiger charge is -2.23. The average molecular weight is 351 g/mol. The molecule has 1 aromatic carbocycles. The second kappa shape index (κ2) is 5.30. The first kappa shape index (κ1) is 14.9. The molecule has 2 aromatic heterocycles. The highest BCUT2D eigenvalue weighted by Gasteiger charge is 2.55. The Labute approximate surface area is 149 Å². The maximum Gasteiger partial charge on any atom is 0.313 e. The van der Waals surface area contributed by atoms with Gasteiger partial charge in [-0.3, -0.25) is 4.79 Å². The molecule has 2 atom stereocenters. The Bertz CT molecular complexity index is 988. The SMILES string of the molecule is C=C1CC2COC(=O)C2(Cc2ccc3nc(-c4cccs4)oc3c2)C1. The molecule has 2 unspecified atom stereocenters. The van der Waals surface area contributed by atoms with Crippen LogP contribution in [0.3, 0.4) is 0 Å². The van der Waals surface area contributed by atoms with Crippen LogP contribution >= 0.6 is 11.3 Å². The Morgan fingerprint density at radius 2 is 2.28 bits per heavy atom. The van der Waals surface area contributed by atoms with Crippen LogP contribution in [-0.2, 0) is 16.0 Å². The van der Waals surface area contributed by atoms with E-state index in [1.807, 2.05) is 35.7 Å². The summed E-state index contributed by atoms with van der Waals surface area (Å²) in [6, 6.07) is 10.0. The second-order valence-electron chi connectivity index (χ2n) is 7.06. The van der Waals surface area contributed by atoms with E-state index in [9.17, 15) is 4.79 Å². The van der Waals surface area contributed by atoms with Gasteiger partial charge in [0.1, 0.15) is 5.52 Å². The van der Waals surface area contributed by atoms with Gasteiger partial charge in [-0.05, 0) is 48.4 Å². The highest BCUT2D eigenvalue weighted by Crippen LogP contribution is 2.52. The third-order valence-electron chi connectivity index (χ3n) is 5.41. The van der Waals surface area contributed by atoms with Gasteiger partial charge in [-0.15, -0.1) is 11.3 Å². The van der Waals surface area contributed by atoms with E-state index in [0.717, 1.165) is 40.0 Å². The van der Waals surface area contributed by atoms with E-state index in [0.29, 0.717) is 18.9 Å². The molecule has 4 nitrogen and oxygen atoms in total. The van der Waals surface area contributed by atoms with Gasteiger partial charge in [0.2, 0.25) is 5.89 Å². The number of nitrogens with zero attached hydrogens (tertiary/aromatic N) is 1. The predicted octanol–water partition coefficient (Wildman–Crippen LogP) is 4.61. The lowest BCUT2D eigenvalue weighted by Crippen LogP contribution is -2.31. The van der Waals surface area contributed by atoms with Crippen LogP contribution in [0.15, 0.2) is 52.3 Å². The molecule has 1 aliphatic carbocycles. The molecule has 2 fully saturated rings. The summed E-state index contributed by atoms with van der Waals surface area (Å²) in [4.78, 5) is 18.0. The normalized spacial score (nSPS) is 25.5. The van der Waals surface area contributed by atoms with E-state index in [1.54, 1.807) is 11.3 Å². The zero-order chi connectivity index (χ0) is 17.0. The number of thiophene rings is 1. The van der Waals surface area contributed by atoms with E-state index < -0.39 is 5.41 Å². The summed E-state index contributed by atoms with van der Waals surface area (Å²) in [6.45, 7) is 4.62. The average Bonchev–Trinajstić information content (AvgIpc) is 3.33. The van der Waals surface area contributed by atoms with E-state index in [-0.39, 0.29) is 11.9 Å². The number of benzene rings is 1. The molecule has 5 rings (SSSR count). The van der Waals surface area contributed by atoms with E-state index >= 15 is 0 Å². The molecular weight excluding hydrogens is 334 g/mol. The fourth-order valence-electron chi connectivity index (χ4n) is 4.21. The lowest BCUT2D eigenvalue weighted by atomic mass is 9.75. The number of oxazole rings is 1. The van der Waals surface area contributed by atoms with Crippen LogP contribution in [0.2, 0.25) is 0 Å². The zero-order valence-electron chi connectivity index (χ0n) is 13.7. The molecule has 0 bridgehead atoms. The second-order valence-corrected chi connectivity index (χ2v) is 8.01. The molecule has 126 valence electrons. The van der Waals surface area contributed by atoms with Gasteiger partial charge in [0.25, 0.3) is 0 Å². The van der Waals surface area contributed by atoms with Crippen molar-refractivity contribution in [2.45, 2.75) is 19.3 Å². The van der Waals surface area contributed by atoms with Crippen LogP contribution in [0.4, 0.5) is 0 Å². The first-order valence-corrected chi connectivity index (χ1v) is 9.29. The van der Waals surface area contributed by atoms with Crippen molar-refractivity contribution in [3.8, 4) is 10.8 Å². The summed E-state index contributed by atoms with van der Waals surface area (Å²) in [5.74, 6) is 0.820. The predicted molar refractivity (Wildman–Crippen MR) is 96.3 cm³/mol. The largest absolute Gasteiger partial charge is 0.465 e. The minimum atomic E-state index is -0.443. The standard InChI is InChI=1S/C20H17NO3S/c1-12-7-14-11-23-19(22)20(14,9-12)10-13-4-5-15-16(8-13)24-18(21-15)17-3-2-6-25-17/h2-6,8,14H,1,7,9-11H2. The first-order chi connectivity index (χ1) is 12.1. The van der Waals surface area contributed by atoms with Gasteiger partial charge in [-0.25, -0.2) is 4.98 Å². The number of esters is 1. The number of hydrogen-bond acceptors (Lipinski definition) is 5. The van der Waals surface area contributed by atoms with Crippen molar-refractivity contribution >= 4 is 28.4 Å². The van der Waals surface area contributed by atoms with Crippen LogP contribution in [0.5, 0.6) is 0 Å². The van der Waals surface area contributed by atoms with E-state index in [2.05, 4.69) is 11.6 Å². The van der Waals surface area contributed by atoms with Crippen molar-refractivity contribution < 1.29 is 13.9 Å². The van der Waals surface area contributed by atoms with Gasteiger partial charge in [0, 0.05) is 5.92 Å². The lowest BCUT2D eigenvalue weighted by molar-refractivity contribution is -0.146. The molecule has 1 saturated heterocycles. The van der Waals surface area contributed by atoms with Gasteiger partial charge in [0.05, 0.1) is 16.9 Å². The number of fused-ring (bicyclic) bond motifs is 2. The molecule has 3 aromatic rings. The van der Waals surface area contributed by atoms with Crippen LogP contribution in [-0.4, -0.2) is 17.6 Å². The monoisotopic (exact) mass is 351 g/mol. The van der Waals surface area contributed by atoms with Crippen molar-refractivity contribution in [1.82, 2.24) is 4.98 Å². The molecule has 0 radical (unpaired) electrons. The number of ether oxygens (including phenoxy) is 1. The summed E-state index contributed by atoms with van der Waals surface area (Å²) >= 11 is 1.61. The third-order valence-corrected chi connectivity index (χ3v) is 6.27. The maximum atomic E-state index is 12.5. The molecule has 0 N–H and O–H groups in total. The molecule has 1 saturated carbocycles. The fraction of sp³-hybridized carbons (Fsp3) is 0.300. The minimum absolute atomic E-state index is 0.0758. The third kappa shape index (κ3) is 2.26. The Hall–Kier alpha value is -2.40. The molecule has 0 spiro atoms. The summed E-state index contributed by atoms with van der Waals surface area (Å²) in [6.07, 6.45) is 2.28. The van der Waals surface area contributed by atoms with Crippen molar-refractivity contribution in [3.05, 3.63) is 53.4 Å². The van der Waals surface area contributed by atoms with Crippen LogP contribution in [0, 0.1) is 11.3 Å². The number of allylic oxidation sites excluding steroid dienone is 1. The van der Waals surface area contributed by atoms with E-state index in [4.69, 9.17) is 9.15 Å². The number of cyclic esters (lactones) is 1. The topological polar surface area (TPSA) is 52.3 Å². The smallest absolute Gasteiger partial charge is 0.313 e. The highest BCUT2D eigenvalue weighted by atomic mass is 32.1. The molecule has 25 heavy (non-hydrogen) atoms. The van der Waals surface area contributed by atoms with Gasteiger partial charge >= 0.3 is 5.97 Å². The van der Waals surface area contributed by atoms with E-state index in [1.165, 1.54) is 0 Å². The Balaban J connectivity index is 1.51. The molecule has 1 aliphatic heterocycles.